The number of amides is 1. The predicted molar refractivity (Wildman–Crippen MR) is 96.4 cm³/mol. The molecular weight excluding hydrogens is 365 g/mol. The Balaban J connectivity index is 1.28. The number of nitrogens with one attached hydrogen (secondary N) is 1. The Kier molecular flexibility index (Phi) is 5.05. The summed E-state index contributed by atoms with van der Waals surface area (Å²) < 4.78 is 18.1. The number of pyridine rings is 1. The van der Waals surface area contributed by atoms with E-state index in [1.807, 2.05) is 6.07 Å². The maximum atomic E-state index is 12.9. The normalized spacial score (nSPS) is 15.8. The van der Waals surface area contributed by atoms with Gasteiger partial charge in [-0.05, 0) is 29.8 Å². The Morgan fingerprint density at radius 1 is 1.21 bits per heavy atom. The van der Waals surface area contributed by atoms with E-state index in [0.717, 1.165) is 5.56 Å². The number of carbonyl (C=O) groups is 1. The average molecular weight is 381 g/mol. The zero-order valence-electron chi connectivity index (χ0n) is 14.7. The van der Waals surface area contributed by atoms with E-state index in [2.05, 4.69) is 25.6 Å². The van der Waals surface area contributed by atoms with E-state index in [-0.39, 0.29) is 30.1 Å². The Morgan fingerprint density at radius 2 is 2.07 bits per heavy atom. The Labute approximate surface area is 159 Å². The van der Waals surface area contributed by atoms with Gasteiger partial charge in [0.25, 0.3) is 5.91 Å². The summed E-state index contributed by atoms with van der Waals surface area (Å²) >= 11 is 0. The minimum atomic E-state index is -0.358. The average Bonchev–Trinajstić information content (AvgIpc) is 3.38. The van der Waals surface area contributed by atoms with Gasteiger partial charge in [-0.3, -0.25) is 9.78 Å². The predicted octanol–water partition coefficient (Wildman–Crippen LogP) is 2.27. The zero-order valence-corrected chi connectivity index (χ0v) is 14.7. The van der Waals surface area contributed by atoms with Gasteiger partial charge in [0.05, 0.1) is 6.42 Å². The summed E-state index contributed by atoms with van der Waals surface area (Å²) in [7, 11) is 0. The van der Waals surface area contributed by atoms with E-state index in [1.54, 1.807) is 30.5 Å². The number of aromatic nitrogens is 3. The van der Waals surface area contributed by atoms with Crippen molar-refractivity contribution >= 4 is 11.6 Å². The van der Waals surface area contributed by atoms with Crippen molar-refractivity contribution in [2.45, 2.75) is 25.5 Å². The number of rotatable bonds is 6. The summed E-state index contributed by atoms with van der Waals surface area (Å²) in [5, 5.41) is 10.5. The molecule has 142 valence electrons. The first kappa shape index (κ1) is 17.8. The van der Waals surface area contributed by atoms with Gasteiger partial charge < -0.3 is 14.7 Å². The number of benzene rings is 1. The van der Waals surface area contributed by atoms with Crippen molar-refractivity contribution in [1.29, 1.82) is 0 Å². The van der Waals surface area contributed by atoms with Crippen molar-refractivity contribution in [2.24, 2.45) is 5.16 Å². The fourth-order valence-corrected chi connectivity index (χ4v) is 2.69. The zero-order chi connectivity index (χ0) is 19.3. The van der Waals surface area contributed by atoms with Crippen LogP contribution in [0, 0.1) is 5.82 Å². The number of nitrogens with zero attached hydrogens (tertiary/aromatic N) is 4. The highest BCUT2D eigenvalue weighted by atomic mass is 19.1. The van der Waals surface area contributed by atoms with E-state index in [0.29, 0.717) is 30.3 Å². The van der Waals surface area contributed by atoms with Crippen molar-refractivity contribution in [2.75, 3.05) is 0 Å². The summed E-state index contributed by atoms with van der Waals surface area (Å²) in [5.74, 6) is 0.130. The van der Waals surface area contributed by atoms with Gasteiger partial charge in [0.15, 0.2) is 0 Å². The van der Waals surface area contributed by atoms with Crippen LogP contribution in [0.3, 0.4) is 0 Å². The molecule has 1 amide bonds. The van der Waals surface area contributed by atoms with Gasteiger partial charge >= 0.3 is 0 Å². The van der Waals surface area contributed by atoms with Crippen LogP contribution in [0.4, 0.5) is 4.39 Å². The van der Waals surface area contributed by atoms with Crippen molar-refractivity contribution in [3.63, 3.8) is 0 Å². The van der Waals surface area contributed by atoms with Gasteiger partial charge in [0.2, 0.25) is 11.7 Å². The first-order valence-corrected chi connectivity index (χ1v) is 8.67. The molecule has 1 aliphatic heterocycles. The van der Waals surface area contributed by atoms with Gasteiger partial charge in [-0.25, -0.2) is 4.39 Å². The van der Waals surface area contributed by atoms with Crippen LogP contribution < -0.4 is 5.32 Å². The minimum absolute atomic E-state index is 0.278. The highest BCUT2D eigenvalue weighted by molar-refractivity contribution is 6.39. The van der Waals surface area contributed by atoms with E-state index < -0.39 is 0 Å². The topological polar surface area (TPSA) is 102 Å². The third-order valence-electron chi connectivity index (χ3n) is 4.13. The van der Waals surface area contributed by atoms with Crippen LogP contribution >= 0.6 is 0 Å². The standard InChI is InChI=1S/C19H16FN5O3/c20-13-6-4-12(5-7-13)11-22-19(26)16-9-14(27-24-16)10-17-23-18(25-28-17)15-3-1-2-8-21-15/h1-8,14H,9-11H2,(H,22,26)/t14-/m1/s1. The molecule has 1 aromatic carbocycles. The smallest absolute Gasteiger partial charge is 0.269 e. The number of oxime groups is 1. The van der Waals surface area contributed by atoms with Gasteiger partial charge in [0.1, 0.15) is 23.3 Å². The van der Waals surface area contributed by atoms with Crippen LogP contribution in [-0.4, -0.2) is 32.8 Å². The second-order valence-corrected chi connectivity index (χ2v) is 6.21. The van der Waals surface area contributed by atoms with Crippen LogP contribution in [0.25, 0.3) is 11.5 Å². The molecule has 0 saturated carbocycles. The molecule has 8 nitrogen and oxygen atoms in total. The van der Waals surface area contributed by atoms with Gasteiger partial charge in [-0.2, -0.15) is 4.98 Å². The van der Waals surface area contributed by atoms with Gasteiger partial charge in [-0.15, -0.1) is 0 Å². The molecule has 0 saturated heterocycles. The molecule has 0 bridgehead atoms. The molecule has 0 unspecified atom stereocenters. The SMILES string of the molecule is O=C(NCc1ccc(F)cc1)C1=NO[C@@H](Cc2nc(-c3ccccn3)no2)C1. The molecule has 1 aliphatic rings. The summed E-state index contributed by atoms with van der Waals surface area (Å²) in [5.41, 5.74) is 1.69. The highest BCUT2D eigenvalue weighted by Gasteiger charge is 2.28. The molecule has 3 aromatic rings. The first-order chi connectivity index (χ1) is 13.7. The summed E-state index contributed by atoms with van der Waals surface area (Å²) in [6.45, 7) is 0.278. The molecule has 1 N–H and O–H groups in total. The monoisotopic (exact) mass is 381 g/mol. The number of hydrogen-bond donors (Lipinski definition) is 1. The molecule has 28 heavy (non-hydrogen) atoms. The third kappa shape index (κ3) is 4.20. The molecule has 1 atom stereocenters. The van der Waals surface area contributed by atoms with E-state index in [9.17, 15) is 9.18 Å². The summed E-state index contributed by atoms with van der Waals surface area (Å²) in [4.78, 5) is 26.0. The second kappa shape index (κ2) is 7.95. The maximum Gasteiger partial charge on any atom is 0.269 e. The lowest BCUT2D eigenvalue weighted by Crippen LogP contribution is -2.30. The Bertz CT molecular complexity index is 988. The lowest BCUT2D eigenvalue weighted by Gasteiger charge is -2.05. The fourth-order valence-electron chi connectivity index (χ4n) is 2.69. The molecular formula is C19H16FN5O3. The Hall–Kier alpha value is -3.62. The van der Waals surface area contributed by atoms with Crippen LogP contribution in [0.5, 0.6) is 0 Å². The molecule has 9 heteroatoms. The molecule has 0 radical (unpaired) electrons. The van der Waals surface area contributed by atoms with Crippen LogP contribution in [0.15, 0.2) is 58.3 Å². The van der Waals surface area contributed by atoms with Crippen LogP contribution in [0.1, 0.15) is 17.9 Å². The van der Waals surface area contributed by atoms with Crippen molar-refractivity contribution in [3.8, 4) is 11.5 Å². The molecule has 0 aliphatic carbocycles. The number of carbonyl (C=O) groups excluding carboxylic acids is 1. The second-order valence-electron chi connectivity index (χ2n) is 6.21. The summed E-state index contributed by atoms with van der Waals surface area (Å²) in [6, 6.07) is 11.3. The highest BCUT2D eigenvalue weighted by Crippen LogP contribution is 2.18. The quantitative estimate of drug-likeness (QED) is 0.703. The van der Waals surface area contributed by atoms with Crippen LogP contribution in [0.2, 0.25) is 0 Å². The third-order valence-corrected chi connectivity index (χ3v) is 4.13. The van der Waals surface area contributed by atoms with Crippen molar-refractivity contribution < 1.29 is 18.5 Å². The minimum Gasteiger partial charge on any atom is -0.391 e. The molecule has 2 aromatic heterocycles. The van der Waals surface area contributed by atoms with E-state index in [4.69, 9.17) is 9.36 Å². The van der Waals surface area contributed by atoms with Crippen molar-refractivity contribution in [1.82, 2.24) is 20.4 Å². The van der Waals surface area contributed by atoms with Crippen molar-refractivity contribution in [3.05, 3.63) is 65.9 Å². The van der Waals surface area contributed by atoms with E-state index in [1.165, 1.54) is 12.1 Å². The molecule has 0 fully saturated rings. The maximum absolute atomic E-state index is 12.9. The van der Waals surface area contributed by atoms with Gasteiger partial charge in [0, 0.05) is 19.2 Å². The largest absolute Gasteiger partial charge is 0.391 e. The van der Waals surface area contributed by atoms with Gasteiger partial charge in [-0.1, -0.05) is 28.5 Å². The number of hydrogen-bond acceptors (Lipinski definition) is 7. The lowest BCUT2D eigenvalue weighted by molar-refractivity contribution is -0.115. The lowest BCUT2D eigenvalue weighted by atomic mass is 10.1. The first-order valence-electron chi connectivity index (χ1n) is 8.67. The molecule has 4 rings (SSSR count). The molecule has 3 heterocycles. The molecule has 0 spiro atoms. The van der Waals surface area contributed by atoms with Crippen LogP contribution in [-0.2, 0) is 22.6 Å². The number of halogens is 1. The van der Waals surface area contributed by atoms with E-state index >= 15 is 0 Å². The fraction of sp³-hybridized carbons (Fsp3) is 0.211. The summed E-state index contributed by atoms with van der Waals surface area (Å²) in [6.07, 6.45) is 1.95. The Morgan fingerprint density at radius 3 is 2.86 bits per heavy atom.